The largest absolute Gasteiger partial charge is 0.490 e. The minimum atomic E-state index is -0.101. The molecule has 3 aliphatic rings. The number of ether oxygens (including phenoxy) is 2. The third kappa shape index (κ3) is 6.44. The van der Waals surface area contributed by atoms with Crippen LogP contribution in [0.5, 0.6) is 5.75 Å². The predicted molar refractivity (Wildman–Crippen MR) is 177 cm³/mol. The van der Waals surface area contributed by atoms with Gasteiger partial charge in [0.1, 0.15) is 17.3 Å². The molecule has 2 saturated heterocycles. The van der Waals surface area contributed by atoms with E-state index in [0.717, 1.165) is 65.5 Å². The van der Waals surface area contributed by atoms with Gasteiger partial charge in [0.25, 0.3) is 5.91 Å². The molecule has 3 heterocycles. The maximum absolute atomic E-state index is 14.2. The molecular weight excluding hydrogens is 593 g/mol. The number of carbonyl (C=O) groups is 1. The van der Waals surface area contributed by atoms with E-state index in [1.54, 1.807) is 28.8 Å². The number of morpholine rings is 1. The first-order valence-corrected chi connectivity index (χ1v) is 16.3. The first-order chi connectivity index (χ1) is 21.6. The van der Waals surface area contributed by atoms with Crippen LogP contribution >= 0.6 is 23.5 Å². The van der Waals surface area contributed by atoms with Gasteiger partial charge in [-0.2, -0.15) is 5.26 Å². The van der Waals surface area contributed by atoms with Gasteiger partial charge in [-0.15, -0.1) is 0 Å². The van der Waals surface area contributed by atoms with Gasteiger partial charge in [0.05, 0.1) is 53.5 Å². The second-order valence-corrected chi connectivity index (χ2v) is 12.5. The van der Waals surface area contributed by atoms with E-state index in [2.05, 4.69) is 27.3 Å². The molecule has 0 unspecified atom stereocenters. The molecule has 0 aromatic heterocycles. The van der Waals surface area contributed by atoms with E-state index in [0.29, 0.717) is 41.0 Å². The van der Waals surface area contributed by atoms with E-state index in [4.69, 9.17) is 14.5 Å². The number of amidine groups is 1. The zero-order valence-electron chi connectivity index (χ0n) is 24.8. The number of para-hydroxylation sites is 1. The number of thioether (sulfide) groups is 2. The van der Waals surface area contributed by atoms with Crippen molar-refractivity contribution in [2.75, 3.05) is 63.3 Å². The number of rotatable bonds is 9. The SMILES string of the molecule is CCNc1ccc(C#N)cc1/N=C1\S/C(=C2\Sc3cccc(OCCN4CCOCC4)c3N2C)C(=O)N1Cc1ccccc1. The van der Waals surface area contributed by atoms with Crippen LogP contribution in [0.1, 0.15) is 18.1 Å². The molecule has 6 rings (SSSR count). The van der Waals surface area contributed by atoms with Gasteiger partial charge in [-0.1, -0.05) is 48.2 Å². The average molecular weight is 627 g/mol. The van der Waals surface area contributed by atoms with Gasteiger partial charge in [-0.25, -0.2) is 4.99 Å². The molecule has 1 amide bonds. The van der Waals surface area contributed by atoms with Crippen LogP contribution in [-0.2, 0) is 16.1 Å². The van der Waals surface area contributed by atoms with Crippen molar-refractivity contribution in [2.24, 2.45) is 4.99 Å². The summed E-state index contributed by atoms with van der Waals surface area (Å²) in [5, 5.41) is 14.3. The van der Waals surface area contributed by atoms with Gasteiger partial charge in [-0.3, -0.25) is 14.6 Å². The molecule has 44 heavy (non-hydrogen) atoms. The third-order valence-electron chi connectivity index (χ3n) is 7.53. The van der Waals surface area contributed by atoms with Crippen LogP contribution in [0.4, 0.5) is 17.1 Å². The number of hydrogen-bond acceptors (Lipinski definition) is 10. The van der Waals surface area contributed by atoms with Gasteiger partial charge in [0.15, 0.2) is 5.17 Å². The van der Waals surface area contributed by atoms with Gasteiger partial charge < -0.3 is 19.7 Å². The molecule has 0 aliphatic carbocycles. The van der Waals surface area contributed by atoms with Crippen molar-refractivity contribution < 1.29 is 14.3 Å². The second kappa shape index (κ2) is 13.8. The van der Waals surface area contributed by atoms with Crippen LogP contribution in [-0.4, -0.2) is 73.9 Å². The number of nitrogens with zero attached hydrogens (tertiary/aromatic N) is 5. The smallest absolute Gasteiger partial charge is 0.269 e. The van der Waals surface area contributed by atoms with E-state index in [1.807, 2.05) is 62.5 Å². The minimum absolute atomic E-state index is 0.101. The number of fused-ring (bicyclic) bond motifs is 1. The second-order valence-electron chi connectivity index (χ2n) is 10.4. The number of nitriles is 1. The highest BCUT2D eigenvalue weighted by atomic mass is 32.2. The molecule has 11 heteroatoms. The lowest BCUT2D eigenvalue weighted by Gasteiger charge is -2.26. The molecule has 2 fully saturated rings. The molecule has 3 aliphatic heterocycles. The zero-order chi connectivity index (χ0) is 30.5. The van der Waals surface area contributed by atoms with Gasteiger partial charge in [0, 0.05) is 38.1 Å². The van der Waals surface area contributed by atoms with E-state index in [9.17, 15) is 10.1 Å². The van der Waals surface area contributed by atoms with E-state index in [1.165, 1.54) is 11.8 Å². The van der Waals surface area contributed by atoms with E-state index >= 15 is 0 Å². The summed E-state index contributed by atoms with van der Waals surface area (Å²) in [7, 11) is 1.99. The maximum atomic E-state index is 14.2. The summed E-state index contributed by atoms with van der Waals surface area (Å²) in [5.74, 6) is 0.700. The number of nitrogens with one attached hydrogen (secondary N) is 1. The van der Waals surface area contributed by atoms with Crippen LogP contribution in [0.2, 0.25) is 0 Å². The monoisotopic (exact) mass is 626 g/mol. The Morgan fingerprint density at radius 2 is 1.89 bits per heavy atom. The Kier molecular flexibility index (Phi) is 9.43. The summed E-state index contributed by atoms with van der Waals surface area (Å²) in [5.41, 5.74) is 3.91. The highest BCUT2D eigenvalue weighted by Crippen LogP contribution is 2.53. The molecule has 226 valence electrons. The van der Waals surface area contributed by atoms with Gasteiger partial charge >= 0.3 is 0 Å². The molecule has 0 saturated carbocycles. The first-order valence-electron chi connectivity index (χ1n) is 14.7. The summed E-state index contributed by atoms with van der Waals surface area (Å²) in [6, 6.07) is 23.6. The van der Waals surface area contributed by atoms with Crippen molar-refractivity contribution in [3.63, 3.8) is 0 Å². The number of amides is 1. The Balaban J connectivity index is 1.32. The Bertz CT molecular complexity index is 1630. The predicted octanol–water partition coefficient (Wildman–Crippen LogP) is 5.88. The number of anilines is 2. The lowest BCUT2D eigenvalue weighted by Crippen LogP contribution is -2.38. The van der Waals surface area contributed by atoms with Crippen molar-refractivity contribution in [3.8, 4) is 11.8 Å². The molecule has 3 aromatic carbocycles. The molecule has 9 nitrogen and oxygen atoms in total. The van der Waals surface area contributed by atoms with Crippen LogP contribution in [0.25, 0.3) is 0 Å². The summed E-state index contributed by atoms with van der Waals surface area (Å²) in [4.78, 5) is 27.0. The minimum Gasteiger partial charge on any atom is -0.490 e. The van der Waals surface area contributed by atoms with Crippen molar-refractivity contribution >= 4 is 51.7 Å². The Hall–Kier alpha value is -3.95. The standard InChI is InChI=1S/C33H34N6O3S2/c1-3-35-25-13-12-24(21-34)20-26(25)36-33-39(22-23-8-5-4-6-9-23)31(40)30(44-33)32-37(2)29-27(10-7-11-28(29)43-32)42-19-16-38-14-17-41-18-15-38/h4-13,20,35H,3,14-19,22H2,1-2H3/b32-30-,36-33-. The molecule has 3 aromatic rings. The molecule has 0 atom stereocenters. The third-order valence-corrected chi connectivity index (χ3v) is 9.95. The number of benzene rings is 3. The quantitative estimate of drug-likeness (QED) is 0.293. The number of hydrogen-bond donors (Lipinski definition) is 1. The summed E-state index contributed by atoms with van der Waals surface area (Å²) in [6.07, 6.45) is 0. The van der Waals surface area contributed by atoms with Crippen molar-refractivity contribution in [3.05, 3.63) is 87.8 Å². The molecule has 1 N–H and O–H groups in total. The van der Waals surface area contributed by atoms with Crippen molar-refractivity contribution in [1.82, 2.24) is 9.80 Å². The molecule has 0 radical (unpaired) electrons. The van der Waals surface area contributed by atoms with Crippen LogP contribution in [0, 0.1) is 11.3 Å². The molecular formula is C33H34N6O3S2. The topological polar surface area (TPSA) is 93.4 Å². The normalized spacial score (nSPS) is 19.4. The Labute approximate surface area is 266 Å². The fourth-order valence-electron chi connectivity index (χ4n) is 5.27. The zero-order valence-corrected chi connectivity index (χ0v) is 26.4. The maximum Gasteiger partial charge on any atom is 0.269 e. The molecule has 0 spiro atoms. The van der Waals surface area contributed by atoms with E-state index in [-0.39, 0.29) is 5.91 Å². The summed E-state index contributed by atoms with van der Waals surface area (Å²) >= 11 is 2.94. The lowest BCUT2D eigenvalue weighted by atomic mass is 10.2. The highest BCUT2D eigenvalue weighted by molar-refractivity contribution is 8.19. The lowest BCUT2D eigenvalue weighted by molar-refractivity contribution is -0.122. The Morgan fingerprint density at radius 3 is 2.66 bits per heavy atom. The fourth-order valence-corrected chi connectivity index (χ4v) is 7.63. The van der Waals surface area contributed by atoms with Crippen molar-refractivity contribution in [2.45, 2.75) is 18.4 Å². The summed E-state index contributed by atoms with van der Waals surface area (Å²) < 4.78 is 11.8. The molecule has 0 bridgehead atoms. The van der Waals surface area contributed by atoms with Gasteiger partial charge in [-0.05, 0) is 54.6 Å². The average Bonchev–Trinajstić information content (AvgIpc) is 3.54. The highest BCUT2D eigenvalue weighted by Gasteiger charge is 2.40. The van der Waals surface area contributed by atoms with Crippen LogP contribution in [0.3, 0.4) is 0 Å². The van der Waals surface area contributed by atoms with Gasteiger partial charge in [0.2, 0.25) is 0 Å². The van der Waals surface area contributed by atoms with E-state index < -0.39 is 0 Å². The van der Waals surface area contributed by atoms with Crippen molar-refractivity contribution in [1.29, 1.82) is 5.26 Å². The van der Waals surface area contributed by atoms with Crippen LogP contribution < -0.4 is 15.0 Å². The first kappa shape index (κ1) is 30.1. The Morgan fingerprint density at radius 1 is 1.07 bits per heavy atom. The summed E-state index contributed by atoms with van der Waals surface area (Å²) in [6.45, 7) is 7.87. The van der Waals surface area contributed by atoms with Crippen LogP contribution in [0.15, 0.2) is 86.6 Å². The fraction of sp³-hybridized carbons (Fsp3) is 0.303. The number of carbonyl (C=O) groups excluding carboxylic acids is 1. The number of aliphatic imine (C=N–C) groups is 1.